The maximum absolute atomic E-state index is 9.58. The van der Waals surface area contributed by atoms with E-state index in [1.54, 1.807) is 0 Å². The van der Waals surface area contributed by atoms with E-state index >= 15 is 0 Å². The third kappa shape index (κ3) is 2.70. The number of para-hydroxylation sites is 2. The minimum absolute atomic E-state index is 0.0357. The summed E-state index contributed by atoms with van der Waals surface area (Å²) in [5.74, 6) is 1.25. The monoisotopic (exact) mass is 311 g/mol. The third-order valence-electron chi connectivity index (χ3n) is 4.04. The van der Waals surface area contributed by atoms with Crippen LogP contribution in [0.2, 0.25) is 0 Å². The number of imidazole rings is 1. The Bertz CT molecular complexity index is 814. The van der Waals surface area contributed by atoms with Crippen molar-refractivity contribution in [2.75, 3.05) is 5.73 Å². The largest absolute Gasteiger partial charge is 0.473 e. The molecule has 1 saturated carbocycles. The zero-order valence-electron chi connectivity index (χ0n) is 12.4. The molecule has 0 bridgehead atoms. The second-order valence-electron chi connectivity index (χ2n) is 5.75. The number of nitrogens with zero attached hydrogens (tertiary/aromatic N) is 3. The standard InChI is InChI=1S/C16H17N5O2/c17-15-14(16-19-11-3-1-2-4-12(11)20-16)21-13(8-18-15)23-10-6-5-9(22)7-10/h1-4,8-10,22H,5-7H2,(H2,17,18)(H,19,20)/t9-,10?/m1/s1. The van der Waals surface area contributed by atoms with Crippen LogP contribution >= 0.6 is 0 Å². The van der Waals surface area contributed by atoms with Gasteiger partial charge in [0.25, 0.3) is 0 Å². The lowest BCUT2D eigenvalue weighted by atomic mass is 10.3. The van der Waals surface area contributed by atoms with Crippen molar-refractivity contribution in [3.63, 3.8) is 0 Å². The van der Waals surface area contributed by atoms with Crippen LogP contribution < -0.4 is 10.5 Å². The average Bonchev–Trinajstić information content (AvgIpc) is 3.15. The molecule has 1 aliphatic carbocycles. The Hall–Kier alpha value is -2.67. The predicted octanol–water partition coefficient (Wildman–Crippen LogP) is 1.89. The smallest absolute Gasteiger partial charge is 0.233 e. The summed E-state index contributed by atoms with van der Waals surface area (Å²) < 4.78 is 5.81. The minimum Gasteiger partial charge on any atom is -0.473 e. The molecule has 23 heavy (non-hydrogen) atoms. The highest BCUT2D eigenvalue weighted by Gasteiger charge is 2.25. The molecule has 0 radical (unpaired) electrons. The Balaban J connectivity index is 1.66. The first-order chi connectivity index (χ1) is 11.2. The number of anilines is 1. The first kappa shape index (κ1) is 14.0. The number of rotatable bonds is 3. The molecule has 0 saturated heterocycles. The lowest BCUT2D eigenvalue weighted by molar-refractivity contribution is 0.146. The fourth-order valence-corrected chi connectivity index (χ4v) is 2.87. The highest BCUT2D eigenvalue weighted by molar-refractivity contribution is 5.80. The predicted molar refractivity (Wildman–Crippen MR) is 85.8 cm³/mol. The van der Waals surface area contributed by atoms with E-state index in [4.69, 9.17) is 10.5 Å². The van der Waals surface area contributed by atoms with Crippen LogP contribution in [0.4, 0.5) is 5.82 Å². The number of aromatic nitrogens is 4. The average molecular weight is 311 g/mol. The van der Waals surface area contributed by atoms with Crippen molar-refractivity contribution >= 4 is 16.9 Å². The van der Waals surface area contributed by atoms with Gasteiger partial charge in [-0.25, -0.2) is 15.0 Å². The minimum atomic E-state index is -0.295. The molecule has 1 aromatic carbocycles. The third-order valence-corrected chi connectivity index (χ3v) is 4.04. The molecule has 1 unspecified atom stereocenters. The van der Waals surface area contributed by atoms with Gasteiger partial charge < -0.3 is 20.6 Å². The van der Waals surface area contributed by atoms with Crippen molar-refractivity contribution in [1.29, 1.82) is 0 Å². The first-order valence-corrected chi connectivity index (χ1v) is 7.61. The second-order valence-corrected chi connectivity index (χ2v) is 5.75. The van der Waals surface area contributed by atoms with E-state index in [0.717, 1.165) is 23.9 Å². The highest BCUT2D eigenvalue weighted by atomic mass is 16.5. The van der Waals surface area contributed by atoms with Crippen LogP contribution in [0.1, 0.15) is 19.3 Å². The van der Waals surface area contributed by atoms with Gasteiger partial charge in [0, 0.05) is 6.42 Å². The topological polar surface area (TPSA) is 110 Å². The van der Waals surface area contributed by atoms with Crippen molar-refractivity contribution in [3.05, 3.63) is 30.5 Å². The molecule has 118 valence electrons. The van der Waals surface area contributed by atoms with Crippen LogP contribution in [-0.4, -0.2) is 37.3 Å². The number of aliphatic hydroxyl groups is 1. The van der Waals surface area contributed by atoms with Crippen LogP contribution in [-0.2, 0) is 0 Å². The van der Waals surface area contributed by atoms with Gasteiger partial charge in [-0.3, -0.25) is 0 Å². The number of fused-ring (bicyclic) bond motifs is 1. The number of ether oxygens (including phenoxy) is 1. The van der Waals surface area contributed by atoms with Gasteiger partial charge >= 0.3 is 0 Å². The number of hydrogen-bond donors (Lipinski definition) is 3. The molecule has 0 spiro atoms. The van der Waals surface area contributed by atoms with Crippen LogP contribution in [0.5, 0.6) is 5.88 Å². The molecule has 2 atom stereocenters. The summed E-state index contributed by atoms with van der Waals surface area (Å²) in [4.78, 5) is 16.3. The fourth-order valence-electron chi connectivity index (χ4n) is 2.87. The van der Waals surface area contributed by atoms with E-state index in [0.29, 0.717) is 29.6 Å². The van der Waals surface area contributed by atoms with E-state index in [2.05, 4.69) is 19.9 Å². The van der Waals surface area contributed by atoms with Crippen molar-refractivity contribution in [2.24, 2.45) is 0 Å². The van der Waals surface area contributed by atoms with Crippen molar-refractivity contribution in [2.45, 2.75) is 31.5 Å². The molecule has 4 rings (SSSR count). The van der Waals surface area contributed by atoms with Crippen LogP contribution in [0, 0.1) is 0 Å². The van der Waals surface area contributed by atoms with Gasteiger partial charge in [0.05, 0.1) is 23.3 Å². The number of nitrogens with one attached hydrogen (secondary N) is 1. The molecule has 7 heteroatoms. The van der Waals surface area contributed by atoms with Crippen LogP contribution in [0.3, 0.4) is 0 Å². The Kier molecular flexibility index (Phi) is 3.34. The van der Waals surface area contributed by atoms with Crippen molar-refractivity contribution in [3.8, 4) is 17.4 Å². The summed E-state index contributed by atoms with van der Waals surface area (Å²) in [5, 5.41) is 9.58. The fraction of sp³-hybridized carbons (Fsp3) is 0.312. The molecule has 4 N–H and O–H groups in total. The Morgan fingerprint density at radius 3 is 2.87 bits per heavy atom. The molecule has 0 aliphatic heterocycles. The Morgan fingerprint density at radius 1 is 1.22 bits per heavy atom. The van der Waals surface area contributed by atoms with E-state index in [1.165, 1.54) is 6.20 Å². The summed E-state index contributed by atoms with van der Waals surface area (Å²) >= 11 is 0. The summed E-state index contributed by atoms with van der Waals surface area (Å²) in [7, 11) is 0. The zero-order chi connectivity index (χ0) is 15.8. The highest BCUT2D eigenvalue weighted by Crippen LogP contribution is 2.27. The van der Waals surface area contributed by atoms with Crippen molar-refractivity contribution < 1.29 is 9.84 Å². The maximum Gasteiger partial charge on any atom is 0.233 e. The first-order valence-electron chi connectivity index (χ1n) is 7.61. The lowest BCUT2D eigenvalue weighted by Crippen LogP contribution is -2.15. The molecule has 1 aliphatic rings. The number of aromatic amines is 1. The molecule has 3 aromatic rings. The normalized spacial score (nSPS) is 20.9. The molecule has 2 heterocycles. The molecule has 2 aromatic heterocycles. The number of nitrogen functional groups attached to an aromatic ring is 1. The number of benzene rings is 1. The zero-order valence-corrected chi connectivity index (χ0v) is 12.4. The maximum atomic E-state index is 9.58. The van der Waals surface area contributed by atoms with Gasteiger partial charge in [-0.1, -0.05) is 12.1 Å². The molecule has 0 amide bonds. The summed E-state index contributed by atoms with van der Waals surface area (Å²) in [6, 6.07) is 7.71. The van der Waals surface area contributed by atoms with Gasteiger partial charge in [-0.15, -0.1) is 0 Å². The molecule has 1 fully saturated rings. The number of aliphatic hydroxyl groups excluding tert-OH is 1. The van der Waals surface area contributed by atoms with Gasteiger partial charge in [-0.2, -0.15) is 0 Å². The van der Waals surface area contributed by atoms with E-state index in [9.17, 15) is 5.11 Å². The number of hydrogen-bond acceptors (Lipinski definition) is 6. The molecule has 7 nitrogen and oxygen atoms in total. The summed E-state index contributed by atoms with van der Waals surface area (Å²) in [5.41, 5.74) is 8.17. The van der Waals surface area contributed by atoms with Gasteiger partial charge in [0.2, 0.25) is 5.88 Å². The van der Waals surface area contributed by atoms with Crippen LogP contribution in [0.15, 0.2) is 30.5 Å². The van der Waals surface area contributed by atoms with E-state index in [1.807, 2.05) is 24.3 Å². The van der Waals surface area contributed by atoms with Crippen LogP contribution in [0.25, 0.3) is 22.6 Å². The number of nitrogens with two attached hydrogens (primary N) is 1. The number of H-pyrrole nitrogens is 1. The summed E-state index contributed by atoms with van der Waals surface area (Å²) in [6.45, 7) is 0. The van der Waals surface area contributed by atoms with E-state index in [-0.39, 0.29) is 12.2 Å². The molecular formula is C16H17N5O2. The Morgan fingerprint density at radius 2 is 2.09 bits per heavy atom. The van der Waals surface area contributed by atoms with Gasteiger partial charge in [-0.05, 0) is 25.0 Å². The van der Waals surface area contributed by atoms with Gasteiger partial charge in [0.15, 0.2) is 17.3 Å². The SMILES string of the molecule is Nc1ncc(OC2CC[C@@H](O)C2)nc1-c1nc2ccccc2[nH]1. The van der Waals surface area contributed by atoms with Gasteiger partial charge in [0.1, 0.15) is 6.10 Å². The lowest BCUT2D eigenvalue weighted by Gasteiger charge is -2.12. The quantitative estimate of drug-likeness (QED) is 0.681. The molecular weight excluding hydrogens is 294 g/mol. The summed E-state index contributed by atoms with van der Waals surface area (Å²) in [6.07, 6.45) is 3.36. The Labute approximate surface area is 132 Å². The van der Waals surface area contributed by atoms with Crippen molar-refractivity contribution in [1.82, 2.24) is 19.9 Å². The second kappa shape index (κ2) is 5.51. The van der Waals surface area contributed by atoms with E-state index < -0.39 is 0 Å².